The second kappa shape index (κ2) is 3.38. The third kappa shape index (κ3) is 4.11. The number of nitrogens with one attached hydrogen (secondary N) is 1. The molecule has 0 rings (SSSR count). The molecule has 0 saturated carbocycles. The highest BCUT2D eigenvalue weighted by atomic mass is 16.6. The summed E-state index contributed by atoms with van der Waals surface area (Å²) in [6.45, 7) is 2.49. The molecule has 0 heterocycles. The van der Waals surface area contributed by atoms with Gasteiger partial charge in [-0.05, 0) is 13.8 Å². The topological polar surface area (TPSA) is 78.8 Å². The molecule has 0 saturated heterocycles. The number of carbonyl (C=O) groups is 1. The summed E-state index contributed by atoms with van der Waals surface area (Å²) in [5, 5.41) is 18.5. The fourth-order valence-corrected chi connectivity index (χ4v) is 0.455. The average molecular weight is 149 g/mol. The van der Waals surface area contributed by atoms with E-state index in [0.717, 1.165) is 0 Å². The van der Waals surface area contributed by atoms with Crippen LogP contribution in [0.4, 0.5) is 4.79 Å². The van der Waals surface area contributed by atoms with Crippen LogP contribution < -0.4 is 5.32 Å². The van der Waals surface area contributed by atoms with Crippen LogP contribution in [0.1, 0.15) is 13.8 Å². The van der Waals surface area contributed by atoms with Crippen LogP contribution >= 0.6 is 0 Å². The molecule has 0 atom stereocenters. The predicted octanol–water partition coefficient (Wildman–Crippen LogP) is -0.0435. The molecule has 5 heteroatoms. The molecule has 0 aliphatic heterocycles. The number of carboxylic acid groups (broad SMARTS) is 1. The Morgan fingerprint density at radius 1 is 1.70 bits per heavy atom. The van der Waals surface area contributed by atoms with E-state index < -0.39 is 18.6 Å². The van der Waals surface area contributed by atoms with Crippen molar-refractivity contribution in [1.82, 2.24) is 5.32 Å². The Labute approximate surface area is 58.6 Å². The Morgan fingerprint density at radius 3 is 2.50 bits per heavy atom. The lowest BCUT2D eigenvalue weighted by Gasteiger charge is -2.23. The van der Waals surface area contributed by atoms with Crippen molar-refractivity contribution >= 4 is 6.09 Å². The smallest absolute Gasteiger partial charge is 0.406 e. The quantitative estimate of drug-likeness (QED) is 0.492. The number of amides is 1. The number of hydrogen-bond acceptors (Lipinski definition) is 3. The van der Waals surface area contributed by atoms with E-state index in [4.69, 9.17) is 10.2 Å². The van der Waals surface area contributed by atoms with Gasteiger partial charge < -0.3 is 14.9 Å². The van der Waals surface area contributed by atoms with Gasteiger partial charge in [0.25, 0.3) is 0 Å². The monoisotopic (exact) mass is 149 g/mol. The largest absolute Gasteiger partial charge is 0.465 e. The molecule has 0 aromatic heterocycles. The first-order valence-corrected chi connectivity index (χ1v) is 2.74. The van der Waals surface area contributed by atoms with Gasteiger partial charge in [-0.15, -0.1) is 0 Å². The molecule has 0 aliphatic carbocycles. The van der Waals surface area contributed by atoms with Crippen molar-refractivity contribution in [3.63, 3.8) is 0 Å². The highest BCUT2D eigenvalue weighted by molar-refractivity contribution is 5.65. The second-order valence-corrected chi connectivity index (χ2v) is 2.21. The number of ether oxygens (including phenoxy) is 1. The van der Waals surface area contributed by atoms with E-state index in [0.29, 0.717) is 0 Å². The van der Waals surface area contributed by atoms with Gasteiger partial charge in [0.1, 0.15) is 12.5 Å². The van der Waals surface area contributed by atoms with Crippen LogP contribution in [0.15, 0.2) is 0 Å². The van der Waals surface area contributed by atoms with E-state index in [2.05, 4.69) is 10.1 Å². The van der Waals surface area contributed by atoms with Crippen molar-refractivity contribution in [1.29, 1.82) is 0 Å². The third-order valence-corrected chi connectivity index (χ3v) is 0.833. The lowest BCUT2D eigenvalue weighted by Crippen LogP contribution is -2.45. The summed E-state index contributed by atoms with van der Waals surface area (Å²) in [6.07, 6.45) is -1.18. The van der Waals surface area contributed by atoms with E-state index in [1.807, 2.05) is 0 Å². The predicted molar refractivity (Wildman–Crippen MR) is 33.4 cm³/mol. The second-order valence-electron chi connectivity index (χ2n) is 2.21. The van der Waals surface area contributed by atoms with E-state index in [1.165, 1.54) is 13.8 Å². The summed E-state index contributed by atoms with van der Waals surface area (Å²) in [5.74, 6) is 0. The molecule has 0 spiro atoms. The van der Waals surface area contributed by atoms with Crippen LogP contribution in [0.2, 0.25) is 0 Å². The van der Waals surface area contributed by atoms with Crippen molar-refractivity contribution in [3.8, 4) is 0 Å². The summed E-state index contributed by atoms with van der Waals surface area (Å²) in [6, 6.07) is 0. The molecule has 1 amide bonds. The van der Waals surface area contributed by atoms with Gasteiger partial charge in [0.05, 0.1) is 0 Å². The molecular formula is C5H11NO4. The van der Waals surface area contributed by atoms with Gasteiger partial charge >= 0.3 is 6.09 Å². The fraction of sp³-hybridized carbons (Fsp3) is 0.800. The van der Waals surface area contributed by atoms with Gasteiger partial charge in [0, 0.05) is 0 Å². The zero-order valence-electron chi connectivity index (χ0n) is 5.92. The number of rotatable bonds is 3. The summed E-state index contributed by atoms with van der Waals surface area (Å²) in [5.41, 5.74) is -1.03. The minimum Gasteiger partial charge on any atom is -0.465 e. The molecule has 0 unspecified atom stereocenters. The molecule has 5 nitrogen and oxygen atoms in total. The molecule has 10 heavy (non-hydrogen) atoms. The van der Waals surface area contributed by atoms with Crippen molar-refractivity contribution in [3.05, 3.63) is 0 Å². The maximum absolute atomic E-state index is 10.0. The molecule has 0 radical (unpaired) electrons. The summed E-state index contributed by atoms with van der Waals surface area (Å²) >= 11 is 0. The molecule has 0 bridgehead atoms. The van der Waals surface area contributed by atoms with Gasteiger partial charge in [0.15, 0.2) is 0 Å². The maximum atomic E-state index is 10.0. The van der Waals surface area contributed by atoms with Gasteiger partial charge in [-0.25, -0.2) is 4.79 Å². The van der Waals surface area contributed by atoms with Crippen LogP contribution in [0, 0.1) is 0 Å². The Bertz CT molecular complexity index is 123. The summed E-state index contributed by atoms with van der Waals surface area (Å²) in [7, 11) is 0. The molecule has 3 N–H and O–H groups in total. The number of aliphatic hydroxyl groups excluding tert-OH is 1. The highest BCUT2D eigenvalue weighted by Gasteiger charge is 2.19. The van der Waals surface area contributed by atoms with Crippen molar-refractivity contribution in [2.24, 2.45) is 0 Å². The standard InChI is InChI=1S/C5H11NO4/c1-5(2,10-3-7)6-4(8)9/h6-7H,3H2,1-2H3,(H,8,9). The summed E-state index contributed by atoms with van der Waals surface area (Å²) < 4.78 is 4.60. The molecule has 0 aromatic rings. The molecular weight excluding hydrogens is 138 g/mol. The Hall–Kier alpha value is -0.810. The van der Waals surface area contributed by atoms with E-state index in [9.17, 15) is 4.79 Å². The van der Waals surface area contributed by atoms with E-state index in [1.54, 1.807) is 0 Å². The van der Waals surface area contributed by atoms with Crippen molar-refractivity contribution < 1.29 is 19.7 Å². The lowest BCUT2D eigenvalue weighted by molar-refractivity contribution is -0.109. The average Bonchev–Trinajstić information content (AvgIpc) is 1.59. The van der Waals surface area contributed by atoms with Gasteiger partial charge in [-0.3, -0.25) is 5.32 Å². The molecule has 0 fully saturated rings. The Morgan fingerprint density at radius 2 is 2.20 bits per heavy atom. The SMILES string of the molecule is CC(C)(NC(=O)O)OCO. The van der Waals surface area contributed by atoms with Crippen LogP contribution in [0.3, 0.4) is 0 Å². The van der Waals surface area contributed by atoms with Gasteiger partial charge in [-0.2, -0.15) is 0 Å². The van der Waals surface area contributed by atoms with Crippen LogP contribution in [0.25, 0.3) is 0 Å². The molecule has 60 valence electrons. The van der Waals surface area contributed by atoms with Crippen LogP contribution in [-0.4, -0.2) is 28.8 Å². The number of hydrogen-bond donors (Lipinski definition) is 3. The minimum atomic E-state index is -1.18. The summed E-state index contributed by atoms with van der Waals surface area (Å²) in [4.78, 5) is 10.0. The zero-order valence-corrected chi connectivity index (χ0v) is 5.92. The van der Waals surface area contributed by atoms with Crippen LogP contribution in [-0.2, 0) is 4.74 Å². The van der Waals surface area contributed by atoms with Gasteiger partial charge in [-0.1, -0.05) is 0 Å². The first-order valence-electron chi connectivity index (χ1n) is 2.74. The zero-order chi connectivity index (χ0) is 8.20. The van der Waals surface area contributed by atoms with E-state index >= 15 is 0 Å². The minimum absolute atomic E-state index is 0.507. The van der Waals surface area contributed by atoms with Crippen molar-refractivity contribution in [2.75, 3.05) is 6.79 Å². The first-order chi connectivity index (χ1) is 4.48. The normalized spacial score (nSPS) is 11.1. The highest BCUT2D eigenvalue weighted by Crippen LogP contribution is 2.01. The van der Waals surface area contributed by atoms with E-state index in [-0.39, 0.29) is 0 Å². The first kappa shape index (κ1) is 9.19. The van der Waals surface area contributed by atoms with Gasteiger partial charge in [0.2, 0.25) is 0 Å². The third-order valence-electron chi connectivity index (χ3n) is 0.833. The fourth-order valence-electron chi connectivity index (χ4n) is 0.455. The maximum Gasteiger partial charge on any atom is 0.406 e. The molecule has 0 aromatic carbocycles. The Balaban J connectivity index is 3.74. The van der Waals surface area contributed by atoms with Crippen molar-refractivity contribution in [2.45, 2.75) is 19.6 Å². The Kier molecular flexibility index (Phi) is 3.11. The lowest BCUT2D eigenvalue weighted by atomic mass is 10.3. The van der Waals surface area contributed by atoms with Crippen LogP contribution in [0.5, 0.6) is 0 Å². The molecule has 0 aliphatic rings. The number of aliphatic hydroxyl groups is 1.